The molecule has 0 radical (unpaired) electrons. The number of hydrogen-bond donors (Lipinski definition) is 0. The molecule has 1 heterocycles. The summed E-state index contributed by atoms with van der Waals surface area (Å²) >= 11 is 0. The van der Waals surface area contributed by atoms with Crippen molar-refractivity contribution in [1.82, 2.24) is 0 Å². The molecule has 0 spiro atoms. The summed E-state index contributed by atoms with van der Waals surface area (Å²) in [6, 6.07) is -2.46. The lowest BCUT2D eigenvalue weighted by molar-refractivity contribution is -0.418. The summed E-state index contributed by atoms with van der Waals surface area (Å²) < 4.78 is 105. The smallest absolute Gasteiger partial charge is 0.410 e. The fourth-order valence-corrected chi connectivity index (χ4v) is 0.724. The van der Waals surface area contributed by atoms with Crippen molar-refractivity contribution >= 4 is 0 Å². The van der Waals surface area contributed by atoms with Crippen LogP contribution < -0.4 is 0 Å². The molecule has 0 bridgehead atoms. The Morgan fingerprint density at radius 2 is 1.53 bits per heavy atom. The van der Waals surface area contributed by atoms with E-state index in [0.717, 1.165) is 0 Å². The highest BCUT2D eigenvalue weighted by molar-refractivity contribution is 5.12. The van der Waals surface area contributed by atoms with Crippen LogP contribution in [0.3, 0.4) is 0 Å². The summed E-state index contributed by atoms with van der Waals surface area (Å²) in [5.41, 5.74) is 0. The molecular weight excluding hydrogens is 272 g/mol. The standard InChI is InChI=1S/C6F8O3/c7-2(8)4-15-1(3(9)16-4)5(10,11)17-6(12,13)14. The second-order valence-electron chi connectivity index (χ2n) is 2.42. The van der Waals surface area contributed by atoms with Gasteiger partial charge in [0.05, 0.1) is 0 Å². The van der Waals surface area contributed by atoms with Crippen molar-refractivity contribution < 1.29 is 49.3 Å². The zero-order chi connectivity index (χ0) is 13.4. The highest BCUT2D eigenvalue weighted by Gasteiger charge is 2.54. The number of rotatable bonds is 2. The second-order valence-corrected chi connectivity index (χ2v) is 2.42. The van der Waals surface area contributed by atoms with Crippen LogP contribution in [0.2, 0.25) is 0 Å². The molecule has 3 nitrogen and oxygen atoms in total. The first-order valence-electron chi connectivity index (χ1n) is 3.49. The first-order chi connectivity index (χ1) is 7.53. The summed E-state index contributed by atoms with van der Waals surface area (Å²) in [5, 5.41) is 0. The predicted octanol–water partition coefficient (Wildman–Crippen LogP) is 3.37. The Bertz CT molecular complexity index is 377. The topological polar surface area (TPSA) is 27.7 Å². The van der Waals surface area contributed by atoms with Crippen LogP contribution in [0.5, 0.6) is 0 Å². The van der Waals surface area contributed by atoms with Gasteiger partial charge in [-0.1, -0.05) is 0 Å². The van der Waals surface area contributed by atoms with Crippen molar-refractivity contribution in [1.29, 1.82) is 0 Å². The largest absolute Gasteiger partial charge is 0.527 e. The molecule has 0 aliphatic carbocycles. The third kappa shape index (κ3) is 3.22. The van der Waals surface area contributed by atoms with Gasteiger partial charge in [0, 0.05) is 0 Å². The Kier molecular flexibility index (Phi) is 3.23. The molecule has 0 aromatic rings. The van der Waals surface area contributed by atoms with Gasteiger partial charge in [-0.3, -0.25) is 0 Å². The molecule has 1 aliphatic rings. The van der Waals surface area contributed by atoms with Crippen molar-refractivity contribution in [3.63, 3.8) is 0 Å². The van der Waals surface area contributed by atoms with Crippen LogP contribution in [-0.4, -0.2) is 12.5 Å². The number of halogens is 8. The molecule has 1 aliphatic heterocycles. The molecule has 0 amide bonds. The van der Waals surface area contributed by atoms with E-state index in [1.54, 1.807) is 0 Å². The SMILES string of the molecule is FC(F)=C1OC(F)=C(C(F)(F)OC(F)(F)F)O1. The van der Waals surface area contributed by atoms with Gasteiger partial charge < -0.3 is 9.47 Å². The minimum absolute atomic E-state index is 1.98. The van der Waals surface area contributed by atoms with Crippen LogP contribution in [0.1, 0.15) is 0 Å². The van der Waals surface area contributed by atoms with E-state index >= 15 is 0 Å². The Morgan fingerprint density at radius 1 is 1.00 bits per heavy atom. The molecule has 0 aromatic carbocycles. The van der Waals surface area contributed by atoms with Crippen LogP contribution in [0.4, 0.5) is 35.1 Å². The molecule has 11 heteroatoms. The Morgan fingerprint density at radius 3 is 1.88 bits per heavy atom. The predicted molar refractivity (Wildman–Crippen MR) is 31.6 cm³/mol. The third-order valence-corrected chi connectivity index (χ3v) is 1.22. The summed E-state index contributed by atoms with van der Waals surface area (Å²) in [7, 11) is 0. The molecule has 0 fully saturated rings. The van der Waals surface area contributed by atoms with E-state index in [2.05, 4.69) is 14.2 Å². The average Bonchev–Trinajstić information content (AvgIpc) is 2.43. The minimum atomic E-state index is -5.83. The maximum absolute atomic E-state index is 12.6. The lowest BCUT2D eigenvalue weighted by Crippen LogP contribution is -2.32. The normalized spacial score (nSPS) is 17.1. The van der Waals surface area contributed by atoms with E-state index < -0.39 is 36.3 Å². The monoisotopic (exact) mass is 272 g/mol. The lowest BCUT2D eigenvalue weighted by atomic mass is 10.5. The lowest BCUT2D eigenvalue weighted by Gasteiger charge is -2.16. The van der Waals surface area contributed by atoms with Gasteiger partial charge in [0.2, 0.25) is 0 Å². The maximum Gasteiger partial charge on any atom is 0.527 e. The maximum atomic E-state index is 12.6. The van der Waals surface area contributed by atoms with Crippen LogP contribution >= 0.6 is 0 Å². The molecule has 0 N–H and O–H groups in total. The number of hydrogen-bond acceptors (Lipinski definition) is 3. The second kappa shape index (κ2) is 4.05. The van der Waals surface area contributed by atoms with E-state index in [1.165, 1.54) is 0 Å². The fourth-order valence-electron chi connectivity index (χ4n) is 0.724. The zero-order valence-electron chi connectivity index (χ0n) is 7.25. The van der Waals surface area contributed by atoms with Crippen molar-refractivity contribution in [3.8, 4) is 0 Å². The first-order valence-corrected chi connectivity index (χ1v) is 3.49. The summed E-state index contributed by atoms with van der Waals surface area (Å²) in [5.74, 6) is -4.43. The molecule has 1 rings (SSSR count). The zero-order valence-corrected chi connectivity index (χ0v) is 7.25. The summed E-state index contributed by atoms with van der Waals surface area (Å²) in [4.78, 5) is 0. The van der Waals surface area contributed by atoms with E-state index in [9.17, 15) is 35.1 Å². The summed E-state index contributed by atoms with van der Waals surface area (Å²) in [6.45, 7) is 0. The van der Waals surface area contributed by atoms with Crippen molar-refractivity contribution in [2.24, 2.45) is 0 Å². The average molecular weight is 272 g/mol. The Hall–Kier alpha value is -1.52. The van der Waals surface area contributed by atoms with Crippen LogP contribution in [0, 0.1) is 0 Å². The van der Waals surface area contributed by atoms with Crippen molar-refractivity contribution in [2.45, 2.75) is 12.5 Å². The van der Waals surface area contributed by atoms with Gasteiger partial charge in [-0.2, -0.15) is 22.0 Å². The molecule has 0 aromatic heterocycles. The van der Waals surface area contributed by atoms with Crippen LogP contribution in [-0.2, 0) is 14.2 Å². The number of ether oxygens (including phenoxy) is 3. The van der Waals surface area contributed by atoms with Gasteiger partial charge in [-0.25, -0.2) is 4.74 Å². The highest BCUT2D eigenvalue weighted by Crippen LogP contribution is 2.41. The third-order valence-electron chi connectivity index (χ3n) is 1.22. The quantitative estimate of drug-likeness (QED) is 0.721. The fraction of sp³-hybridized carbons (Fsp3) is 0.333. The number of alkyl halides is 5. The highest BCUT2D eigenvalue weighted by atomic mass is 19.4. The van der Waals surface area contributed by atoms with Gasteiger partial charge in [-0.15, -0.1) is 13.2 Å². The minimum Gasteiger partial charge on any atom is -0.410 e. The molecular formula is C6F8O3. The van der Waals surface area contributed by atoms with E-state index in [-0.39, 0.29) is 0 Å². The van der Waals surface area contributed by atoms with Gasteiger partial charge in [0.25, 0.3) is 5.76 Å². The molecule has 0 atom stereocenters. The summed E-state index contributed by atoms with van der Waals surface area (Å²) in [6.07, 6.45) is -14.0. The Balaban J connectivity index is 2.94. The van der Waals surface area contributed by atoms with Crippen LogP contribution in [0.15, 0.2) is 23.8 Å². The van der Waals surface area contributed by atoms with Gasteiger partial charge in [0.15, 0.2) is 0 Å². The van der Waals surface area contributed by atoms with E-state index in [1.807, 2.05) is 0 Å². The van der Waals surface area contributed by atoms with Gasteiger partial charge in [0.1, 0.15) is 0 Å². The van der Waals surface area contributed by atoms with Gasteiger partial charge in [-0.05, 0) is 0 Å². The molecule has 98 valence electrons. The van der Waals surface area contributed by atoms with E-state index in [0.29, 0.717) is 0 Å². The molecule has 17 heavy (non-hydrogen) atoms. The first kappa shape index (κ1) is 13.5. The Labute approximate surface area is 86.8 Å². The molecule has 0 saturated carbocycles. The van der Waals surface area contributed by atoms with Crippen molar-refractivity contribution in [3.05, 3.63) is 23.8 Å². The van der Waals surface area contributed by atoms with E-state index in [4.69, 9.17) is 0 Å². The van der Waals surface area contributed by atoms with Crippen molar-refractivity contribution in [2.75, 3.05) is 0 Å². The van der Waals surface area contributed by atoms with Crippen LogP contribution in [0.25, 0.3) is 0 Å². The molecule has 0 saturated heterocycles. The molecule has 0 unspecified atom stereocenters. The van der Waals surface area contributed by atoms with Gasteiger partial charge >= 0.3 is 30.5 Å².